The number of hydrogen-bond donors (Lipinski definition) is 1. The van der Waals surface area contributed by atoms with Gasteiger partial charge in [-0.25, -0.2) is 4.98 Å². The fourth-order valence-corrected chi connectivity index (χ4v) is 4.33. The van der Waals surface area contributed by atoms with E-state index in [1.54, 1.807) is 7.11 Å². The third kappa shape index (κ3) is 3.20. The van der Waals surface area contributed by atoms with Crippen molar-refractivity contribution in [3.8, 4) is 17.3 Å². The van der Waals surface area contributed by atoms with Crippen LogP contribution in [0.4, 0.5) is 0 Å². The van der Waals surface area contributed by atoms with Gasteiger partial charge >= 0.3 is 0 Å². The standard InChI is InChI=1S/C23H26N6O/c1-14-10-16-4-6-19(25-22(16)20(11-14)30-3)23-27-26-21-7-5-17(12-29(21)23)15(2)28-9-8-18(24)13-28/h4-7,10-12,15,18H,8-9,13,24H2,1-3H3/t15-,18-/m0/s1. The number of fused-ring (bicyclic) bond motifs is 2. The lowest BCUT2D eigenvalue weighted by atomic mass is 10.1. The maximum Gasteiger partial charge on any atom is 0.187 e. The molecule has 4 aromatic rings. The fraction of sp³-hybridized carbons (Fsp3) is 0.348. The topological polar surface area (TPSA) is 81.6 Å². The van der Waals surface area contributed by atoms with Crippen LogP contribution >= 0.6 is 0 Å². The highest BCUT2D eigenvalue weighted by Crippen LogP contribution is 2.29. The predicted molar refractivity (Wildman–Crippen MR) is 118 cm³/mol. The molecule has 1 fully saturated rings. The van der Waals surface area contributed by atoms with Gasteiger partial charge in [-0.2, -0.15) is 0 Å². The molecule has 1 aliphatic heterocycles. The first kappa shape index (κ1) is 19.0. The molecule has 0 aliphatic carbocycles. The smallest absolute Gasteiger partial charge is 0.187 e. The van der Waals surface area contributed by atoms with Crippen LogP contribution in [0.2, 0.25) is 0 Å². The van der Waals surface area contributed by atoms with E-state index in [1.165, 1.54) is 5.56 Å². The Kier molecular flexibility index (Phi) is 4.64. The monoisotopic (exact) mass is 402 g/mol. The number of nitrogens with zero attached hydrogens (tertiary/aromatic N) is 5. The predicted octanol–water partition coefficient (Wildman–Crippen LogP) is 3.36. The lowest BCUT2D eigenvalue weighted by Crippen LogP contribution is -2.28. The van der Waals surface area contributed by atoms with Gasteiger partial charge in [0.2, 0.25) is 0 Å². The van der Waals surface area contributed by atoms with Crippen LogP contribution in [0.5, 0.6) is 5.75 Å². The molecule has 3 aromatic heterocycles. The molecule has 7 heteroatoms. The highest BCUT2D eigenvalue weighted by molar-refractivity contribution is 5.87. The van der Waals surface area contributed by atoms with Gasteiger partial charge in [-0.15, -0.1) is 10.2 Å². The van der Waals surface area contributed by atoms with Gasteiger partial charge in [0.1, 0.15) is 17.0 Å². The van der Waals surface area contributed by atoms with Crippen molar-refractivity contribution in [2.24, 2.45) is 5.73 Å². The summed E-state index contributed by atoms with van der Waals surface area (Å²) in [6.07, 6.45) is 3.17. The highest BCUT2D eigenvalue weighted by atomic mass is 16.5. The van der Waals surface area contributed by atoms with Crippen LogP contribution < -0.4 is 10.5 Å². The number of aryl methyl sites for hydroxylation is 1. The molecule has 1 aromatic carbocycles. The van der Waals surface area contributed by atoms with Gasteiger partial charge in [0.25, 0.3) is 0 Å². The van der Waals surface area contributed by atoms with Crippen LogP contribution in [-0.2, 0) is 0 Å². The van der Waals surface area contributed by atoms with E-state index < -0.39 is 0 Å². The molecule has 1 aliphatic rings. The molecule has 1 saturated heterocycles. The molecule has 0 radical (unpaired) electrons. The average Bonchev–Trinajstić information content (AvgIpc) is 3.38. The molecule has 4 heterocycles. The van der Waals surface area contributed by atoms with Crippen LogP contribution in [0.15, 0.2) is 42.6 Å². The summed E-state index contributed by atoms with van der Waals surface area (Å²) in [6, 6.07) is 12.9. The van der Waals surface area contributed by atoms with Gasteiger partial charge in [0, 0.05) is 36.8 Å². The molecule has 0 saturated carbocycles. The van der Waals surface area contributed by atoms with Gasteiger partial charge < -0.3 is 10.5 Å². The highest BCUT2D eigenvalue weighted by Gasteiger charge is 2.25. The minimum atomic E-state index is 0.266. The number of pyridine rings is 2. The minimum absolute atomic E-state index is 0.266. The molecule has 5 rings (SSSR count). The first-order valence-corrected chi connectivity index (χ1v) is 10.3. The van der Waals surface area contributed by atoms with Crippen molar-refractivity contribution >= 4 is 16.6 Å². The minimum Gasteiger partial charge on any atom is -0.494 e. The summed E-state index contributed by atoms with van der Waals surface area (Å²) in [5.41, 5.74) is 10.9. The number of nitrogens with two attached hydrogens (primary N) is 1. The SMILES string of the molecule is COc1cc(C)cc2ccc(-c3nnc4ccc([C@H](C)N5CC[C@H](N)C5)cn34)nc12. The molecule has 0 spiro atoms. The fourth-order valence-electron chi connectivity index (χ4n) is 4.33. The van der Waals surface area contributed by atoms with Gasteiger partial charge in [0.05, 0.1) is 7.11 Å². The number of ether oxygens (including phenoxy) is 1. The summed E-state index contributed by atoms with van der Waals surface area (Å²) in [5, 5.41) is 9.83. The van der Waals surface area contributed by atoms with Crippen molar-refractivity contribution in [2.45, 2.75) is 32.4 Å². The van der Waals surface area contributed by atoms with E-state index in [2.05, 4.69) is 53.3 Å². The lowest BCUT2D eigenvalue weighted by Gasteiger charge is -2.24. The third-order valence-corrected chi connectivity index (χ3v) is 6.06. The lowest BCUT2D eigenvalue weighted by molar-refractivity contribution is 0.259. The van der Waals surface area contributed by atoms with Crippen LogP contribution in [0.25, 0.3) is 28.1 Å². The van der Waals surface area contributed by atoms with E-state index in [-0.39, 0.29) is 12.1 Å². The second-order valence-electron chi connectivity index (χ2n) is 8.17. The Labute approximate surface area is 175 Å². The second kappa shape index (κ2) is 7.34. The van der Waals surface area contributed by atoms with Crippen molar-refractivity contribution in [3.05, 3.63) is 53.7 Å². The first-order chi connectivity index (χ1) is 14.5. The van der Waals surface area contributed by atoms with Gasteiger partial charge in [-0.05, 0) is 55.7 Å². The maximum atomic E-state index is 6.11. The maximum absolute atomic E-state index is 6.11. The van der Waals surface area contributed by atoms with Crippen molar-refractivity contribution < 1.29 is 4.74 Å². The Balaban J connectivity index is 1.58. The quantitative estimate of drug-likeness (QED) is 0.564. The molecule has 30 heavy (non-hydrogen) atoms. The summed E-state index contributed by atoms with van der Waals surface area (Å²) in [6.45, 7) is 6.24. The first-order valence-electron chi connectivity index (χ1n) is 10.3. The van der Waals surface area contributed by atoms with Gasteiger partial charge in [-0.3, -0.25) is 9.30 Å². The van der Waals surface area contributed by atoms with E-state index in [4.69, 9.17) is 15.5 Å². The van der Waals surface area contributed by atoms with E-state index in [0.717, 1.165) is 58.9 Å². The Hall–Kier alpha value is -3.03. The number of hydrogen-bond acceptors (Lipinski definition) is 6. The Morgan fingerprint density at radius 3 is 2.80 bits per heavy atom. The molecular formula is C23H26N6O. The average molecular weight is 403 g/mol. The largest absolute Gasteiger partial charge is 0.494 e. The third-order valence-electron chi connectivity index (χ3n) is 6.06. The van der Waals surface area contributed by atoms with Crippen molar-refractivity contribution in [2.75, 3.05) is 20.2 Å². The van der Waals surface area contributed by atoms with E-state index in [1.807, 2.05) is 22.6 Å². The molecule has 2 N–H and O–H groups in total. The number of methoxy groups -OCH3 is 1. The number of aromatic nitrogens is 4. The van der Waals surface area contributed by atoms with Crippen molar-refractivity contribution in [1.29, 1.82) is 0 Å². The number of rotatable bonds is 4. The summed E-state index contributed by atoms with van der Waals surface area (Å²) in [4.78, 5) is 7.29. The van der Waals surface area contributed by atoms with Crippen LogP contribution in [0.3, 0.4) is 0 Å². The summed E-state index contributed by atoms with van der Waals surface area (Å²) in [5.74, 6) is 1.49. The normalized spacial score (nSPS) is 18.3. The molecule has 0 bridgehead atoms. The zero-order chi connectivity index (χ0) is 20.8. The van der Waals surface area contributed by atoms with Crippen molar-refractivity contribution in [3.63, 3.8) is 0 Å². The molecule has 0 amide bonds. The van der Waals surface area contributed by atoms with Crippen molar-refractivity contribution in [1.82, 2.24) is 24.5 Å². The van der Waals surface area contributed by atoms with Gasteiger partial charge in [0.15, 0.2) is 11.5 Å². The van der Waals surface area contributed by atoms with E-state index in [0.29, 0.717) is 0 Å². The zero-order valence-corrected chi connectivity index (χ0v) is 17.5. The van der Waals surface area contributed by atoms with Crippen LogP contribution in [0.1, 0.15) is 30.5 Å². The summed E-state index contributed by atoms with van der Waals surface area (Å²) >= 11 is 0. The van der Waals surface area contributed by atoms with Gasteiger partial charge in [-0.1, -0.05) is 12.1 Å². The molecular weight excluding hydrogens is 376 g/mol. The number of likely N-dealkylation sites (tertiary alicyclic amines) is 1. The molecule has 0 unspecified atom stereocenters. The second-order valence-corrected chi connectivity index (χ2v) is 8.17. The van der Waals surface area contributed by atoms with E-state index in [9.17, 15) is 0 Å². The zero-order valence-electron chi connectivity index (χ0n) is 17.5. The van der Waals surface area contributed by atoms with Crippen LogP contribution in [-0.4, -0.2) is 50.7 Å². The molecule has 7 nitrogen and oxygen atoms in total. The van der Waals surface area contributed by atoms with E-state index >= 15 is 0 Å². The molecule has 2 atom stereocenters. The van der Waals surface area contributed by atoms with Crippen LogP contribution in [0, 0.1) is 6.92 Å². The molecule has 154 valence electrons. The number of benzene rings is 1. The summed E-state index contributed by atoms with van der Waals surface area (Å²) in [7, 11) is 1.67. The summed E-state index contributed by atoms with van der Waals surface area (Å²) < 4.78 is 7.59. The Morgan fingerprint density at radius 1 is 1.17 bits per heavy atom. The Bertz CT molecular complexity index is 1230. The Morgan fingerprint density at radius 2 is 2.03 bits per heavy atom.